The molecular weight excluding hydrogens is 176 g/mol. The second-order valence-corrected chi connectivity index (χ2v) is 4.41. The maximum absolute atomic E-state index is 9.68. The van der Waals surface area contributed by atoms with E-state index in [9.17, 15) is 5.11 Å². The lowest BCUT2D eigenvalue weighted by Crippen LogP contribution is -2.38. The highest BCUT2D eigenvalue weighted by Gasteiger charge is 2.24. The van der Waals surface area contributed by atoms with Crippen LogP contribution in [0.5, 0.6) is 0 Å². The lowest BCUT2D eigenvalue weighted by molar-refractivity contribution is 0.110. The summed E-state index contributed by atoms with van der Waals surface area (Å²) in [4.78, 5) is 2.40. The summed E-state index contributed by atoms with van der Waals surface area (Å²) in [5.41, 5.74) is 0. The zero-order valence-electron chi connectivity index (χ0n) is 9.50. The Kier molecular flexibility index (Phi) is 5.45. The van der Waals surface area contributed by atoms with Crippen molar-refractivity contribution in [2.45, 2.75) is 32.3 Å². The van der Waals surface area contributed by atoms with Gasteiger partial charge in [-0.2, -0.15) is 0 Å². The zero-order chi connectivity index (χ0) is 10.4. The predicted molar refractivity (Wildman–Crippen MR) is 59.4 cm³/mol. The van der Waals surface area contributed by atoms with Gasteiger partial charge in [0, 0.05) is 19.6 Å². The molecule has 0 aromatic carbocycles. The molecule has 1 saturated carbocycles. The third-order valence-electron chi connectivity index (χ3n) is 2.66. The fourth-order valence-corrected chi connectivity index (χ4v) is 1.84. The molecule has 3 nitrogen and oxygen atoms in total. The first-order chi connectivity index (χ1) is 6.76. The average Bonchev–Trinajstić information content (AvgIpc) is 2.89. The largest absolute Gasteiger partial charge is 0.390 e. The second-order valence-electron chi connectivity index (χ2n) is 4.41. The highest BCUT2D eigenvalue weighted by Crippen LogP contribution is 2.29. The van der Waals surface area contributed by atoms with Gasteiger partial charge in [-0.1, -0.05) is 6.92 Å². The summed E-state index contributed by atoms with van der Waals surface area (Å²) in [7, 11) is 1.88. The monoisotopic (exact) mass is 200 g/mol. The van der Waals surface area contributed by atoms with Crippen molar-refractivity contribution in [1.82, 2.24) is 10.2 Å². The molecule has 0 aliphatic heterocycles. The van der Waals surface area contributed by atoms with Gasteiger partial charge in [0.05, 0.1) is 6.10 Å². The van der Waals surface area contributed by atoms with Crippen molar-refractivity contribution in [3.63, 3.8) is 0 Å². The topological polar surface area (TPSA) is 35.5 Å². The van der Waals surface area contributed by atoms with Crippen molar-refractivity contribution in [1.29, 1.82) is 0 Å². The number of aliphatic hydroxyl groups excluding tert-OH is 1. The van der Waals surface area contributed by atoms with Gasteiger partial charge in [-0.25, -0.2) is 0 Å². The molecule has 1 aliphatic carbocycles. The lowest BCUT2D eigenvalue weighted by atomic mass is 10.2. The zero-order valence-corrected chi connectivity index (χ0v) is 9.50. The third-order valence-corrected chi connectivity index (χ3v) is 2.66. The molecule has 0 radical (unpaired) electrons. The van der Waals surface area contributed by atoms with E-state index in [-0.39, 0.29) is 6.10 Å². The number of hydrogen-bond acceptors (Lipinski definition) is 3. The molecule has 0 bridgehead atoms. The van der Waals surface area contributed by atoms with Crippen LogP contribution in [0, 0.1) is 5.92 Å². The molecule has 0 saturated heterocycles. The second kappa shape index (κ2) is 6.38. The third kappa shape index (κ3) is 4.94. The predicted octanol–water partition coefficient (Wildman–Crippen LogP) is 0.689. The Morgan fingerprint density at radius 1 is 1.50 bits per heavy atom. The average molecular weight is 200 g/mol. The van der Waals surface area contributed by atoms with Crippen LogP contribution in [0.15, 0.2) is 0 Å². The molecule has 1 unspecified atom stereocenters. The summed E-state index contributed by atoms with van der Waals surface area (Å²) in [6.45, 7) is 6.03. The molecule has 0 spiro atoms. The number of nitrogens with zero attached hydrogens (tertiary/aromatic N) is 1. The highest BCUT2D eigenvalue weighted by molar-refractivity contribution is 4.78. The van der Waals surface area contributed by atoms with Gasteiger partial charge < -0.3 is 15.3 Å². The van der Waals surface area contributed by atoms with E-state index in [4.69, 9.17) is 0 Å². The SMILES string of the molecule is CCCN(CC(O)CNC)CC1CC1. The van der Waals surface area contributed by atoms with E-state index in [0.717, 1.165) is 19.0 Å². The lowest BCUT2D eigenvalue weighted by Gasteiger charge is -2.24. The summed E-state index contributed by atoms with van der Waals surface area (Å²) < 4.78 is 0. The van der Waals surface area contributed by atoms with E-state index in [2.05, 4.69) is 17.1 Å². The van der Waals surface area contributed by atoms with E-state index in [0.29, 0.717) is 6.54 Å². The first-order valence-electron chi connectivity index (χ1n) is 5.81. The molecule has 0 amide bonds. The van der Waals surface area contributed by atoms with Crippen LogP contribution in [0.1, 0.15) is 26.2 Å². The fourth-order valence-electron chi connectivity index (χ4n) is 1.84. The Labute approximate surface area is 87.5 Å². The number of likely N-dealkylation sites (N-methyl/N-ethyl adjacent to an activating group) is 1. The summed E-state index contributed by atoms with van der Waals surface area (Å²) in [6.07, 6.45) is 3.74. The standard InChI is InChI=1S/C11H24N2O/c1-3-6-13(8-10-4-5-10)9-11(14)7-12-2/h10-12,14H,3-9H2,1-2H3. The van der Waals surface area contributed by atoms with Gasteiger partial charge >= 0.3 is 0 Å². The van der Waals surface area contributed by atoms with Gasteiger partial charge in [-0.3, -0.25) is 0 Å². The van der Waals surface area contributed by atoms with E-state index in [1.165, 1.54) is 25.8 Å². The van der Waals surface area contributed by atoms with Crippen molar-refractivity contribution in [2.75, 3.05) is 33.2 Å². The number of nitrogens with one attached hydrogen (secondary N) is 1. The minimum atomic E-state index is -0.217. The molecule has 0 aromatic heterocycles. The van der Waals surface area contributed by atoms with Crippen LogP contribution < -0.4 is 5.32 Å². The quantitative estimate of drug-likeness (QED) is 0.605. The van der Waals surface area contributed by atoms with E-state index in [1.54, 1.807) is 0 Å². The minimum absolute atomic E-state index is 0.217. The number of hydrogen-bond donors (Lipinski definition) is 2. The normalized spacial score (nSPS) is 18.9. The summed E-state index contributed by atoms with van der Waals surface area (Å²) in [6, 6.07) is 0. The van der Waals surface area contributed by atoms with Gasteiger partial charge in [0.1, 0.15) is 0 Å². The number of aliphatic hydroxyl groups is 1. The Balaban J connectivity index is 2.18. The van der Waals surface area contributed by atoms with Crippen molar-refractivity contribution in [3.8, 4) is 0 Å². The summed E-state index contributed by atoms with van der Waals surface area (Å²) in [5.74, 6) is 0.920. The molecule has 14 heavy (non-hydrogen) atoms. The molecule has 1 aliphatic rings. The van der Waals surface area contributed by atoms with Crippen LogP contribution in [0.3, 0.4) is 0 Å². The summed E-state index contributed by atoms with van der Waals surface area (Å²) >= 11 is 0. The smallest absolute Gasteiger partial charge is 0.0791 e. The first kappa shape index (κ1) is 12.0. The molecule has 1 fully saturated rings. The molecule has 0 heterocycles. The van der Waals surface area contributed by atoms with Crippen LogP contribution in [0.25, 0.3) is 0 Å². The van der Waals surface area contributed by atoms with Crippen LogP contribution in [-0.4, -0.2) is 49.3 Å². The molecule has 2 N–H and O–H groups in total. The van der Waals surface area contributed by atoms with E-state index >= 15 is 0 Å². The van der Waals surface area contributed by atoms with E-state index < -0.39 is 0 Å². The van der Waals surface area contributed by atoms with Crippen molar-refractivity contribution in [2.24, 2.45) is 5.92 Å². The molecular formula is C11H24N2O. The van der Waals surface area contributed by atoms with Crippen molar-refractivity contribution in [3.05, 3.63) is 0 Å². The van der Waals surface area contributed by atoms with Gasteiger partial charge in [-0.05, 0) is 38.8 Å². The summed E-state index contributed by atoms with van der Waals surface area (Å²) in [5, 5.41) is 12.7. The van der Waals surface area contributed by atoms with Gasteiger partial charge in [0.25, 0.3) is 0 Å². The van der Waals surface area contributed by atoms with Gasteiger partial charge in [-0.15, -0.1) is 0 Å². The molecule has 0 aromatic rings. The Bertz CT molecular complexity index is 148. The van der Waals surface area contributed by atoms with Crippen LogP contribution in [0.4, 0.5) is 0 Å². The van der Waals surface area contributed by atoms with Crippen LogP contribution >= 0.6 is 0 Å². The highest BCUT2D eigenvalue weighted by atomic mass is 16.3. The van der Waals surface area contributed by atoms with Crippen molar-refractivity contribution >= 4 is 0 Å². The minimum Gasteiger partial charge on any atom is -0.390 e. The Morgan fingerprint density at radius 3 is 2.71 bits per heavy atom. The fraction of sp³-hybridized carbons (Fsp3) is 1.00. The van der Waals surface area contributed by atoms with Gasteiger partial charge in [0.15, 0.2) is 0 Å². The maximum atomic E-state index is 9.68. The van der Waals surface area contributed by atoms with Crippen molar-refractivity contribution < 1.29 is 5.11 Å². The first-order valence-corrected chi connectivity index (χ1v) is 5.81. The van der Waals surface area contributed by atoms with Crippen LogP contribution in [-0.2, 0) is 0 Å². The molecule has 84 valence electrons. The van der Waals surface area contributed by atoms with Gasteiger partial charge in [0.2, 0.25) is 0 Å². The molecule has 1 atom stereocenters. The maximum Gasteiger partial charge on any atom is 0.0791 e. The molecule has 1 rings (SSSR count). The van der Waals surface area contributed by atoms with E-state index in [1.807, 2.05) is 7.05 Å². The van der Waals surface area contributed by atoms with Crippen LogP contribution in [0.2, 0.25) is 0 Å². The Morgan fingerprint density at radius 2 is 2.21 bits per heavy atom. The number of rotatable bonds is 8. The molecule has 3 heteroatoms. The Hall–Kier alpha value is -0.120.